The average Bonchev–Trinajstić information content (AvgIpc) is 2.83. The molecule has 0 unspecified atom stereocenters. The van der Waals surface area contributed by atoms with Crippen LogP contribution in [0.5, 0.6) is 5.75 Å². The Morgan fingerprint density at radius 3 is 2.95 bits per heavy atom. The van der Waals surface area contributed by atoms with Gasteiger partial charge in [-0.05, 0) is 19.1 Å². The van der Waals surface area contributed by atoms with Crippen molar-refractivity contribution < 1.29 is 9.53 Å². The number of ether oxygens (including phenoxy) is 1. The molecular formula is C13H17N5O2. The van der Waals surface area contributed by atoms with Gasteiger partial charge in [-0.3, -0.25) is 15.0 Å². The van der Waals surface area contributed by atoms with E-state index >= 15 is 0 Å². The molecule has 2 amide bonds. The number of pyridine rings is 1. The number of amides is 2. The molecule has 2 rings (SSSR count). The molecule has 0 aliphatic carbocycles. The molecule has 0 radical (unpaired) electrons. The molecule has 2 N–H and O–H groups in total. The summed E-state index contributed by atoms with van der Waals surface area (Å²) in [5.41, 5.74) is 0. The summed E-state index contributed by atoms with van der Waals surface area (Å²) in [5.74, 6) is 1.30. The molecule has 0 aliphatic rings. The second-order valence-electron chi connectivity index (χ2n) is 4.29. The Morgan fingerprint density at radius 2 is 2.30 bits per heavy atom. The zero-order chi connectivity index (χ0) is 14.4. The van der Waals surface area contributed by atoms with Crippen LogP contribution in [0.2, 0.25) is 0 Å². The summed E-state index contributed by atoms with van der Waals surface area (Å²) in [6, 6.07) is 5.04. The summed E-state index contributed by atoms with van der Waals surface area (Å²) in [7, 11) is 1.75. The first-order valence-electron chi connectivity index (χ1n) is 6.24. The van der Waals surface area contributed by atoms with Gasteiger partial charge >= 0.3 is 6.03 Å². The lowest BCUT2D eigenvalue weighted by Crippen LogP contribution is -2.36. The van der Waals surface area contributed by atoms with Crippen molar-refractivity contribution in [3.8, 4) is 5.75 Å². The molecule has 0 saturated heterocycles. The maximum absolute atomic E-state index is 11.7. The topological polar surface area (TPSA) is 81.1 Å². The van der Waals surface area contributed by atoms with Gasteiger partial charge in [-0.1, -0.05) is 0 Å². The van der Waals surface area contributed by atoms with Crippen LogP contribution < -0.4 is 15.4 Å². The number of carbonyl (C=O) groups is 1. The minimum atomic E-state index is -0.296. The Balaban J connectivity index is 1.74. The largest absolute Gasteiger partial charge is 0.487 e. The van der Waals surface area contributed by atoms with Gasteiger partial charge in [0.15, 0.2) is 0 Å². The molecule has 0 bridgehead atoms. The monoisotopic (exact) mass is 275 g/mol. The molecule has 1 atom stereocenters. The van der Waals surface area contributed by atoms with Gasteiger partial charge in [0.1, 0.15) is 17.7 Å². The van der Waals surface area contributed by atoms with E-state index in [4.69, 9.17) is 4.74 Å². The first kappa shape index (κ1) is 13.9. The van der Waals surface area contributed by atoms with Crippen molar-refractivity contribution in [2.75, 3.05) is 11.9 Å². The normalized spacial score (nSPS) is 11.7. The third kappa shape index (κ3) is 3.98. The fourth-order valence-electron chi connectivity index (χ4n) is 1.58. The molecule has 7 nitrogen and oxygen atoms in total. The van der Waals surface area contributed by atoms with E-state index in [1.165, 1.54) is 0 Å². The standard InChI is InChI=1S/C13H17N5O2/c1-10(20-11-4-3-6-14-9-11)8-15-13(19)17-12-5-7-16-18(12)2/h3-7,9-10H,8H2,1-2H3,(H2,15,17,19)/t10-/m1/s1. The van der Waals surface area contributed by atoms with Gasteiger partial charge in [-0.25, -0.2) is 4.79 Å². The van der Waals surface area contributed by atoms with Crippen molar-refractivity contribution >= 4 is 11.8 Å². The van der Waals surface area contributed by atoms with Crippen LogP contribution in [-0.2, 0) is 7.05 Å². The van der Waals surface area contributed by atoms with Crippen molar-refractivity contribution in [3.05, 3.63) is 36.8 Å². The first-order valence-corrected chi connectivity index (χ1v) is 6.24. The van der Waals surface area contributed by atoms with Crippen LogP contribution in [0.15, 0.2) is 36.8 Å². The molecular weight excluding hydrogens is 258 g/mol. The van der Waals surface area contributed by atoms with Gasteiger partial charge in [-0.15, -0.1) is 0 Å². The molecule has 7 heteroatoms. The summed E-state index contributed by atoms with van der Waals surface area (Å²) in [6.07, 6.45) is 4.77. The number of aryl methyl sites for hydroxylation is 1. The zero-order valence-electron chi connectivity index (χ0n) is 11.4. The van der Waals surface area contributed by atoms with Gasteiger partial charge in [0.05, 0.1) is 18.9 Å². The summed E-state index contributed by atoms with van der Waals surface area (Å²) in [6.45, 7) is 2.26. The number of nitrogens with one attached hydrogen (secondary N) is 2. The molecule has 2 heterocycles. The molecule has 2 aromatic rings. The number of aromatic nitrogens is 3. The van der Waals surface area contributed by atoms with Crippen LogP contribution in [0.25, 0.3) is 0 Å². The highest BCUT2D eigenvalue weighted by Crippen LogP contribution is 2.08. The summed E-state index contributed by atoms with van der Waals surface area (Å²) in [5, 5.41) is 9.39. The van der Waals surface area contributed by atoms with Crippen molar-refractivity contribution in [1.29, 1.82) is 0 Å². The highest BCUT2D eigenvalue weighted by Gasteiger charge is 2.08. The SMILES string of the molecule is C[C@H](CNC(=O)Nc1ccnn1C)Oc1cccnc1. The van der Waals surface area contributed by atoms with Crippen LogP contribution in [0.3, 0.4) is 0 Å². The van der Waals surface area contributed by atoms with E-state index in [0.717, 1.165) is 0 Å². The van der Waals surface area contributed by atoms with Gasteiger partial charge < -0.3 is 10.1 Å². The van der Waals surface area contributed by atoms with Crippen LogP contribution in [0, 0.1) is 0 Å². The Labute approximate surface area is 117 Å². The van der Waals surface area contributed by atoms with E-state index in [2.05, 4.69) is 20.7 Å². The highest BCUT2D eigenvalue weighted by molar-refractivity contribution is 5.88. The maximum atomic E-state index is 11.7. The van der Waals surface area contributed by atoms with Crippen molar-refractivity contribution in [2.45, 2.75) is 13.0 Å². The third-order valence-corrected chi connectivity index (χ3v) is 2.58. The summed E-state index contributed by atoms with van der Waals surface area (Å²) < 4.78 is 7.18. The zero-order valence-corrected chi connectivity index (χ0v) is 11.4. The van der Waals surface area contributed by atoms with E-state index in [0.29, 0.717) is 18.1 Å². The van der Waals surface area contributed by atoms with Crippen LogP contribution in [0.4, 0.5) is 10.6 Å². The Kier molecular flexibility index (Phi) is 4.54. The molecule has 0 aromatic carbocycles. The minimum absolute atomic E-state index is 0.156. The minimum Gasteiger partial charge on any atom is -0.487 e. The highest BCUT2D eigenvalue weighted by atomic mass is 16.5. The van der Waals surface area contributed by atoms with Crippen molar-refractivity contribution in [2.24, 2.45) is 7.05 Å². The smallest absolute Gasteiger partial charge is 0.320 e. The molecule has 0 spiro atoms. The van der Waals surface area contributed by atoms with E-state index < -0.39 is 0 Å². The molecule has 20 heavy (non-hydrogen) atoms. The predicted octanol–water partition coefficient (Wildman–Crippen LogP) is 1.40. The lowest BCUT2D eigenvalue weighted by Gasteiger charge is -2.15. The molecule has 106 valence electrons. The van der Waals surface area contributed by atoms with Gasteiger partial charge in [0, 0.05) is 19.3 Å². The average molecular weight is 275 g/mol. The quantitative estimate of drug-likeness (QED) is 0.864. The fourth-order valence-corrected chi connectivity index (χ4v) is 1.58. The maximum Gasteiger partial charge on any atom is 0.320 e. The second kappa shape index (κ2) is 6.55. The molecule has 0 saturated carbocycles. The molecule has 0 fully saturated rings. The number of anilines is 1. The van der Waals surface area contributed by atoms with Gasteiger partial charge in [0.2, 0.25) is 0 Å². The fraction of sp³-hybridized carbons (Fsp3) is 0.308. The van der Waals surface area contributed by atoms with Crippen molar-refractivity contribution in [3.63, 3.8) is 0 Å². The number of urea groups is 1. The van der Waals surface area contributed by atoms with Gasteiger partial charge in [-0.2, -0.15) is 5.10 Å². The lowest BCUT2D eigenvalue weighted by atomic mass is 10.4. The summed E-state index contributed by atoms with van der Waals surface area (Å²) >= 11 is 0. The first-order chi connectivity index (χ1) is 9.65. The number of carbonyl (C=O) groups excluding carboxylic acids is 1. The van der Waals surface area contributed by atoms with Crippen LogP contribution >= 0.6 is 0 Å². The molecule has 2 aromatic heterocycles. The Morgan fingerprint density at radius 1 is 1.45 bits per heavy atom. The van der Waals surface area contributed by atoms with Crippen LogP contribution in [0.1, 0.15) is 6.92 Å². The number of hydrogen-bond donors (Lipinski definition) is 2. The van der Waals surface area contributed by atoms with Crippen molar-refractivity contribution in [1.82, 2.24) is 20.1 Å². The van der Waals surface area contributed by atoms with E-state index in [1.54, 1.807) is 42.5 Å². The van der Waals surface area contributed by atoms with Gasteiger partial charge in [0.25, 0.3) is 0 Å². The Bertz CT molecular complexity index is 555. The predicted molar refractivity (Wildman–Crippen MR) is 74.6 cm³/mol. The number of rotatable bonds is 5. The number of nitrogens with zero attached hydrogens (tertiary/aromatic N) is 3. The molecule has 0 aliphatic heterocycles. The third-order valence-electron chi connectivity index (χ3n) is 2.58. The lowest BCUT2D eigenvalue weighted by molar-refractivity contribution is 0.211. The van der Waals surface area contributed by atoms with E-state index in [-0.39, 0.29) is 12.1 Å². The second-order valence-corrected chi connectivity index (χ2v) is 4.29. The van der Waals surface area contributed by atoms with E-state index in [9.17, 15) is 4.79 Å². The summed E-state index contributed by atoms with van der Waals surface area (Å²) in [4.78, 5) is 15.6. The van der Waals surface area contributed by atoms with Crippen LogP contribution in [-0.4, -0.2) is 33.4 Å². The number of hydrogen-bond acceptors (Lipinski definition) is 4. The Hall–Kier alpha value is -2.57. The van der Waals surface area contributed by atoms with E-state index in [1.807, 2.05) is 13.0 Å².